The number of amides is 1. The van der Waals surface area contributed by atoms with Crippen molar-refractivity contribution in [3.05, 3.63) is 53.3 Å². The minimum atomic E-state index is -0.00205. The van der Waals surface area contributed by atoms with Gasteiger partial charge in [0.05, 0.1) is 5.69 Å². The topological polar surface area (TPSA) is 46.9 Å². The number of nitrogens with one attached hydrogen (secondary N) is 1. The molecule has 4 nitrogen and oxygen atoms in total. The molecule has 0 saturated heterocycles. The minimum Gasteiger partial charge on any atom is -0.347 e. The van der Waals surface area contributed by atoms with Crippen molar-refractivity contribution in [2.24, 2.45) is 5.92 Å². The number of carbonyl (C=O) groups is 1. The first-order chi connectivity index (χ1) is 11.1. The maximum Gasteiger partial charge on any atom is 0.269 e. The Morgan fingerprint density at radius 1 is 1.35 bits per heavy atom. The van der Waals surface area contributed by atoms with Gasteiger partial charge in [-0.05, 0) is 37.3 Å². The molecule has 0 aliphatic heterocycles. The van der Waals surface area contributed by atoms with Gasteiger partial charge < -0.3 is 5.32 Å². The van der Waals surface area contributed by atoms with E-state index < -0.39 is 0 Å². The standard InChI is InChI=1S/C19H25N3O/c1-4-22-18(11-15(21-22)10-13(2)3)19(23)20-17-12-16(17)14-8-6-5-7-9-14/h5-9,11,13,16-17H,4,10,12H2,1-3H3,(H,20,23)/t16-,17+/m0/s1. The van der Waals surface area contributed by atoms with E-state index in [1.54, 1.807) is 0 Å². The van der Waals surface area contributed by atoms with Crippen LogP contribution in [0.2, 0.25) is 0 Å². The molecule has 0 unspecified atom stereocenters. The molecule has 23 heavy (non-hydrogen) atoms. The van der Waals surface area contributed by atoms with Gasteiger partial charge in [0.15, 0.2) is 0 Å². The molecule has 1 saturated carbocycles. The van der Waals surface area contributed by atoms with E-state index in [2.05, 4.69) is 48.5 Å². The second-order valence-electron chi connectivity index (χ2n) is 6.77. The van der Waals surface area contributed by atoms with Crippen LogP contribution in [0.25, 0.3) is 0 Å². The molecule has 2 atom stereocenters. The summed E-state index contributed by atoms with van der Waals surface area (Å²) in [5.41, 5.74) is 2.99. The maximum absolute atomic E-state index is 12.6. The Labute approximate surface area is 137 Å². The van der Waals surface area contributed by atoms with Crippen LogP contribution in [0.4, 0.5) is 0 Å². The fourth-order valence-electron chi connectivity index (χ4n) is 3.08. The number of aromatic nitrogens is 2. The molecule has 3 rings (SSSR count). The SMILES string of the molecule is CCn1nc(CC(C)C)cc1C(=O)N[C@@H]1C[C@H]1c1ccccc1. The van der Waals surface area contributed by atoms with E-state index >= 15 is 0 Å². The van der Waals surface area contributed by atoms with Crippen LogP contribution >= 0.6 is 0 Å². The lowest BCUT2D eigenvalue weighted by molar-refractivity contribution is 0.0939. The molecule has 1 aromatic heterocycles. The number of nitrogens with zero attached hydrogens (tertiary/aromatic N) is 2. The van der Waals surface area contributed by atoms with Crippen LogP contribution < -0.4 is 5.32 Å². The molecule has 0 spiro atoms. The third-order valence-electron chi connectivity index (χ3n) is 4.31. The van der Waals surface area contributed by atoms with Gasteiger partial charge in [-0.1, -0.05) is 44.2 Å². The largest absolute Gasteiger partial charge is 0.347 e. The lowest BCUT2D eigenvalue weighted by Crippen LogP contribution is -2.28. The number of hydrogen-bond acceptors (Lipinski definition) is 2. The Kier molecular flexibility index (Phi) is 4.51. The highest BCUT2D eigenvalue weighted by atomic mass is 16.2. The number of aryl methyl sites for hydroxylation is 1. The summed E-state index contributed by atoms with van der Waals surface area (Å²) in [7, 11) is 0. The normalized spacial score (nSPS) is 19.8. The fourth-order valence-corrected chi connectivity index (χ4v) is 3.08. The second kappa shape index (κ2) is 6.57. The van der Waals surface area contributed by atoms with Crippen molar-refractivity contribution in [3.63, 3.8) is 0 Å². The summed E-state index contributed by atoms with van der Waals surface area (Å²) in [6.07, 6.45) is 1.93. The smallest absolute Gasteiger partial charge is 0.269 e. The molecular formula is C19H25N3O. The number of benzene rings is 1. The van der Waals surface area contributed by atoms with Crippen molar-refractivity contribution in [2.75, 3.05) is 0 Å². The minimum absolute atomic E-state index is 0.00205. The van der Waals surface area contributed by atoms with Crippen molar-refractivity contribution in [1.82, 2.24) is 15.1 Å². The average molecular weight is 311 g/mol. The second-order valence-corrected chi connectivity index (χ2v) is 6.77. The fraction of sp³-hybridized carbons (Fsp3) is 0.474. The predicted octanol–water partition coefficient (Wildman–Crippen LogP) is 3.39. The summed E-state index contributed by atoms with van der Waals surface area (Å²) < 4.78 is 1.81. The average Bonchev–Trinajstić information content (AvgIpc) is 3.17. The Morgan fingerprint density at radius 2 is 2.09 bits per heavy atom. The van der Waals surface area contributed by atoms with Gasteiger partial charge in [-0.15, -0.1) is 0 Å². The van der Waals surface area contributed by atoms with E-state index in [4.69, 9.17) is 0 Å². The van der Waals surface area contributed by atoms with Gasteiger partial charge in [-0.25, -0.2) is 0 Å². The highest BCUT2D eigenvalue weighted by Gasteiger charge is 2.39. The summed E-state index contributed by atoms with van der Waals surface area (Å²) in [6, 6.07) is 12.6. The Morgan fingerprint density at radius 3 is 2.74 bits per heavy atom. The third-order valence-corrected chi connectivity index (χ3v) is 4.31. The number of rotatable bonds is 6. The highest BCUT2D eigenvalue weighted by Crippen LogP contribution is 2.40. The van der Waals surface area contributed by atoms with E-state index in [-0.39, 0.29) is 11.9 Å². The van der Waals surface area contributed by atoms with Crippen LogP contribution in [0.5, 0.6) is 0 Å². The van der Waals surface area contributed by atoms with Gasteiger partial charge in [-0.2, -0.15) is 5.10 Å². The van der Waals surface area contributed by atoms with Gasteiger partial charge in [0.2, 0.25) is 0 Å². The molecule has 1 heterocycles. The summed E-state index contributed by atoms with van der Waals surface area (Å²) >= 11 is 0. The van der Waals surface area contributed by atoms with Crippen molar-refractivity contribution >= 4 is 5.91 Å². The van der Waals surface area contributed by atoms with E-state index in [0.717, 1.165) is 18.5 Å². The van der Waals surface area contributed by atoms with Crippen LogP contribution in [0.15, 0.2) is 36.4 Å². The Bertz CT molecular complexity index is 675. The molecule has 1 aromatic carbocycles. The zero-order valence-electron chi connectivity index (χ0n) is 14.1. The van der Waals surface area contributed by atoms with Crippen LogP contribution in [-0.4, -0.2) is 21.7 Å². The first kappa shape index (κ1) is 15.8. The molecular weight excluding hydrogens is 286 g/mol. The summed E-state index contributed by atoms with van der Waals surface area (Å²) in [4.78, 5) is 12.6. The van der Waals surface area contributed by atoms with E-state index in [1.165, 1.54) is 5.56 Å². The van der Waals surface area contributed by atoms with Crippen molar-refractivity contribution < 1.29 is 4.79 Å². The monoisotopic (exact) mass is 311 g/mol. The van der Waals surface area contributed by atoms with Crippen molar-refractivity contribution in [2.45, 2.75) is 52.1 Å². The lowest BCUT2D eigenvalue weighted by Gasteiger charge is -2.06. The molecule has 2 aromatic rings. The van der Waals surface area contributed by atoms with E-state index in [9.17, 15) is 4.79 Å². The van der Waals surface area contributed by atoms with Gasteiger partial charge >= 0.3 is 0 Å². The third kappa shape index (κ3) is 3.63. The molecule has 1 fully saturated rings. The maximum atomic E-state index is 12.6. The summed E-state index contributed by atoms with van der Waals surface area (Å²) in [5.74, 6) is 0.989. The molecule has 0 bridgehead atoms. The van der Waals surface area contributed by atoms with Gasteiger partial charge in [0, 0.05) is 18.5 Å². The molecule has 1 N–H and O–H groups in total. The molecule has 122 valence electrons. The molecule has 1 aliphatic rings. The van der Waals surface area contributed by atoms with Crippen molar-refractivity contribution in [3.8, 4) is 0 Å². The molecule has 1 aliphatic carbocycles. The predicted molar refractivity (Wildman–Crippen MR) is 91.5 cm³/mol. The Balaban J connectivity index is 1.66. The quantitative estimate of drug-likeness (QED) is 0.889. The van der Waals surface area contributed by atoms with E-state index in [1.807, 2.05) is 23.7 Å². The first-order valence-corrected chi connectivity index (χ1v) is 8.51. The highest BCUT2D eigenvalue weighted by molar-refractivity contribution is 5.93. The zero-order chi connectivity index (χ0) is 16.4. The summed E-state index contributed by atoms with van der Waals surface area (Å²) in [5, 5.41) is 7.71. The zero-order valence-corrected chi connectivity index (χ0v) is 14.1. The lowest BCUT2D eigenvalue weighted by atomic mass is 10.1. The molecule has 0 radical (unpaired) electrons. The van der Waals surface area contributed by atoms with Gasteiger partial charge in [0.25, 0.3) is 5.91 Å². The van der Waals surface area contributed by atoms with Gasteiger partial charge in [0.1, 0.15) is 5.69 Å². The number of carbonyl (C=O) groups excluding carboxylic acids is 1. The van der Waals surface area contributed by atoms with Gasteiger partial charge in [-0.3, -0.25) is 9.48 Å². The van der Waals surface area contributed by atoms with Crippen LogP contribution in [0, 0.1) is 5.92 Å². The first-order valence-electron chi connectivity index (χ1n) is 8.51. The van der Waals surface area contributed by atoms with Crippen LogP contribution in [-0.2, 0) is 13.0 Å². The van der Waals surface area contributed by atoms with Crippen LogP contribution in [0.3, 0.4) is 0 Å². The van der Waals surface area contributed by atoms with Crippen molar-refractivity contribution in [1.29, 1.82) is 0 Å². The number of hydrogen-bond donors (Lipinski definition) is 1. The molecule has 1 amide bonds. The van der Waals surface area contributed by atoms with E-state index in [0.29, 0.717) is 24.1 Å². The molecule has 4 heteroatoms. The van der Waals surface area contributed by atoms with Crippen LogP contribution in [0.1, 0.15) is 54.9 Å². The summed E-state index contributed by atoms with van der Waals surface area (Å²) in [6.45, 7) is 7.07. The Hall–Kier alpha value is -2.10.